The van der Waals surface area contributed by atoms with Gasteiger partial charge in [-0.2, -0.15) is 5.26 Å². The fourth-order valence-corrected chi connectivity index (χ4v) is 5.89. The largest absolute Gasteiger partial charge is 0.350 e. The van der Waals surface area contributed by atoms with Gasteiger partial charge in [0.25, 0.3) is 5.91 Å². The van der Waals surface area contributed by atoms with Gasteiger partial charge in [-0.3, -0.25) is 14.4 Å². The minimum Gasteiger partial charge on any atom is -0.350 e. The lowest BCUT2D eigenvalue weighted by molar-refractivity contribution is -0.134. The normalized spacial score (nSPS) is 21.3. The molecule has 0 radical (unpaired) electrons. The monoisotopic (exact) mass is 551 g/mol. The lowest BCUT2D eigenvalue weighted by Gasteiger charge is -2.31. The second kappa shape index (κ2) is 9.33. The third kappa shape index (κ3) is 4.50. The van der Waals surface area contributed by atoms with Gasteiger partial charge in [0.2, 0.25) is 11.8 Å². The number of likely N-dealkylation sites (tertiary alicyclic amines) is 1. The van der Waals surface area contributed by atoms with Crippen LogP contribution >= 0.6 is 23.2 Å². The minimum atomic E-state index is -1.08. The van der Waals surface area contributed by atoms with Crippen LogP contribution in [0.3, 0.4) is 0 Å². The first kappa shape index (κ1) is 26.1. The van der Waals surface area contributed by atoms with E-state index in [1.54, 1.807) is 36.4 Å². The zero-order chi connectivity index (χ0) is 27.4. The van der Waals surface area contributed by atoms with E-state index in [4.69, 9.17) is 23.2 Å². The second-order valence-corrected chi connectivity index (χ2v) is 12.1. The third-order valence-corrected chi connectivity index (χ3v) is 7.81. The highest BCUT2D eigenvalue weighted by Gasteiger charge is 2.56. The van der Waals surface area contributed by atoms with Crippen molar-refractivity contribution in [2.75, 3.05) is 11.9 Å². The topological polar surface area (TPSA) is 118 Å². The first-order valence-corrected chi connectivity index (χ1v) is 13.1. The molecule has 2 aliphatic rings. The molecule has 3 heterocycles. The number of hydrogen-bond donors (Lipinski definition) is 3. The van der Waals surface area contributed by atoms with Crippen LogP contribution in [0.5, 0.6) is 0 Å². The van der Waals surface area contributed by atoms with E-state index in [0.717, 1.165) is 0 Å². The number of aromatic amines is 1. The van der Waals surface area contributed by atoms with Crippen molar-refractivity contribution in [2.45, 2.75) is 51.1 Å². The molecule has 3 N–H and O–H groups in total. The zero-order valence-electron chi connectivity index (χ0n) is 21.2. The van der Waals surface area contributed by atoms with Crippen LogP contribution in [-0.2, 0) is 15.0 Å². The van der Waals surface area contributed by atoms with Crippen LogP contribution in [0.15, 0.2) is 42.5 Å². The lowest BCUT2D eigenvalue weighted by Crippen LogP contribution is -2.52. The van der Waals surface area contributed by atoms with Crippen LogP contribution in [0.1, 0.15) is 49.7 Å². The van der Waals surface area contributed by atoms with E-state index in [-0.39, 0.29) is 30.0 Å². The van der Waals surface area contributed by atoms with Crippen molar-refractivity contribution in [3.05, 3.63) is 63.8 Å². The number of fused-ring (bicyclic) bond motifs is 3. The highest BCUT2D eigenvalue weighted by Crippen LogP contribution is 2.47. The van der Waals surface area contributed by atoms with Crippen molar-refractivity contribution in [3.8, 4) is 6.07 Å². The molecule has 8 nitrogen and oxygen atoms in total. The van der Waals surface area contributed by atoms with Gasteiger partial charge >= 0.3 is 0 Å². The molecule has 3 atom stereocenters. The number of nitriles is 1. The van der Waals surface area contributed by atoms with E-state index in [1.807, 2.05) is 26.8 Å². The number of H-pyrrole nitrogens is 1. The molecule has 3 aromatic rings. The minimum absolute atomic E-state index is 0.0156. The van der Waals surface area contributed by atoms with E-state index >= 15 is 0 Å². The molecule has 1 aromatic heterocycles. The van der Waals surface area contributed by atoms with Gasteiger partial charge in [0.05, 0.1) is 11.5 Å². The molecule has 1 spiro atoms. The van der Waals surface area contributed by atoms with Crippen LogP contribution < -0.4 is 10.6 Å². The fraction of sp³-hybridized carbons (Fsp3) is 0.357. The van der Waals surface area contributed by atoms with Crippen molar-refractivity contribution in [1.29, 1.82) is 5.26 Å². The highest BCUT2D eigenvalue weighted by atomic mass is 35.5. The number of nitrogens with one attached hydrogen (secondary N) is 3. The Hall–Kier alpha value is -3.54. The number of nitrogens with zero attached hydrogens (tertiary/aromatic N) is 2. The summed E-state index contributed by atoms with van der Waals surface area (Å²) in [5, 5.41) is 17.4. The predicted molar refractivity (Wildman–Crippen MR) is 146 cm³/mol. The Kier molecular flexibility index (Phi) is 6.41. The molecule has 2 aromatic carbocycles. The van der Waals surface area contributed by atoms with Gasteiger partial charge in [-0.05, 0) is 53.8 Å². The number of halogens is 2. The summed E-state index contributed by atoms with van der Waals surface area (Å²) in [5.74, 6) is -1.14. The van der Waals surface area contributed by atoms with E-state index in [1.165, 1.54) is 4.90 Å². The van der Waals surface area contributed by atoms with Crippen LogP contribution in [0, 0.1) is 16.7 Å². The number of rotatable bonds is 4. The maximum atomic E-state index is 14.0. The quantitative estimate of drug-likeness (QED) is 0.421. The molecule has 1 saturated heterocycles. The van der Waals surface area contributed by atoms with Crippen LogP contribution in [0.2, 0.25) is 10.0 Å². The molecule has 1 fully saturated rings. The molecule has 3 amide bonds. The van der Waals surface area contributed by atoms with Crippen molar-refractivity contribution < 1.29 is 14.4 Å². The number of hydrogen-bond acceptors (Lipinski definition) is 4. The number of benzene rings is 2. The van der Waals surface area contributed by atoms with E-state index in [9.17, 15) is 19.6 Å². The number of amides is 3. The molecular weight excluding hydrogens is 525 g/mol. The molecule has 0 unspecified atom stereocenters. The first-order valence-electron chi connectivity index (χ1n) is 12.3. The SMILES string of the molecule is CC(C)(C)C[C@H](NC(=O)c1cc2c(Cl)cccc2[nH]1)C(=O)N1C[C@]2(C[C@H]1C#N)C(=O)Nc1ccc(Cl)cc12. The molecule has 38 heavy (non-hydrogen) atoms. The average molecular weight is 552 g/mol. The van der Waals surface area contributed by atoms with Crippen LogP contribution in [0.4, 0.5) is 5.69 Å². The van der Waals surface area contributed by atoms with Crippen molar-refractivity contribution in [1.82, 2.24) is 15.2 Å². The number of carbonyl (C=O) groups is 3. The number of carbonyl (C=O) groups excluding carboxylic acids is 3. The van der Waals surface area contributed by atoms with Crippen molar-refractivity contribution >= 4 is 57.5 Å². The molecule has 2 aliphatic heterocycles. The van der Waals surface area contributed by atoms with E-state index in [0.29, 0.717) is 38.6 Å². The Bertz CT molecular complexity index is 1520. The summed E-state index contributed by atoms with van der Waals surface area (Å²) in [5.41, 5.74) is 0.881. The molecule has 0 bridgehead atoms. The van der Waals surface area contributed by atoms with Crippen LogP contribution in [-0.4, -0.2) is 46.2 Å². The lowest BCUT2D eigenvalue weighted by atomic mass is 9.80. The summed E-state index contributed by atoms with van der Waals surface area (Å²) in [6.45, 7) is 5.93. The Balaban J connectivity index is 1.45. The maximum Gasteiger partial charge on any atom is 0.268 e. The smallest absolute Gasteiger partial charge is 0.268 e. The van der Waals surface area contributed by atoms with E-state index in [2.05, 4.69) is 21.7 Å². The van der Waals surface area contributed by atoms with Crippen molar-refractivity contribution in [3.63, 3.8) is 0 Å². The van der Waals surface area contributed by atoms with Crippen molar-refractivity contribution in [2.24, 2.45) is 5.41 Å². The van der Waals surface area contributed by atoms with Gasteiger partial charge in [-0.15, -0.1) is 0 Å². The van der Waals surface area contributed by atoms with E-state index < -0.39 is 29.3 Å². The zero-order valence-corrected chi connectivity index (χ0v) is 22.7. The Morgan fingerprint density at radius 3 is 2.68 bits per heavy atom. The standard InChI is InChI=1S/C28H27Cl2N5O3/c1-27(2,3)12-23(33-24(36)22-10-17-19(30)5-4-6-20(17)32-22)25(37)35-14-28(11-16(35)13-31)18-9-15(29)7-8-21(18)34-26(28)38/h4-10,16,23,32H,11-12,14H2,1-3H3,(H,33,36)(H,34,38)/t16-,23-,28-/m0/s1. The summed E-state index contributed by atoms with van der Waals surface area (Å²) < 4.78 is 0. The molecule has 0 aliphatic carbocycles. The maximum absolute atomic E-state index is 14.0. The van der Waals surface area contributed by atoms with Gasteiger partial charge in [0, 0.05) is 39.6 Å². The molecule has 10 heteroatoms. The predicted octanol–water partition coefficient (Wildman–Crippen LogP) is 5.02. The Morgan fingerprint density at radius 2 is 2.00 bits per heavy atom. The van der Waals surface area contributed by atoms with Gasteiger partial charge in [-0.1, -0.05) is 50.0 Å². The van der Waals surface area contributed by atoms with Gasteiger partial charge in [0.15, 0.2) is 0 Å². The third-order valence-electron chi connectivity index (χ3n) is 7.25. The summed E-state index contributed by atoms with van der Waals surface area (Å²) in [6, 6.07) is 12.5. The van der Waals surface area contributed by atoms with Gasteiger partial charge in [0.1, 0.15) is 17.8 Å². The highest BCUT2D eigenvalue weighted by molar-refractivity contribution is 6.35. The second-order valence-electron chi connectivity index (χ2n) is 11.2. The molecule has 5 rings (SSSR count). The summed E-state index contributed by atoms with van der Waals surface area (Å²) in [6.07, 6.45) is 0.472. The Morgan fingerprint density at radius 1 is 1.24 bits per heavy atom. The number of anilines is 1. The molecule has 196 valence electrons. The summed E-state index contributed by atoms with van der Waals surface area (Å²) in [4.78, 5) is 44.9. The number of aromatic nitrogens is 1. The van der Waals surface area contributed by atoms with Gasteiger partial charge in [-0.25, -0.2) is 0 Å². The van der Waals surface area contributed by atoms with Gasteiger partial charge < -0.3 is 20.5 Å². The summed E-state index contributed by atoms with van der Waals surface area (Å²) in [7, 11) is 0. The average Bonchev–Trinajstić information content (AvgIpc) is 3.53. The molecular formula is C28H27Cl2N5O3. The van der Waals surface area contributed by atoms with Crippen LogP contribution in [0.25, 0.3) is 10.9 Å². The Labute approximate surface area is 230 Å². The first-order chi connectivity index (χ1) is 17.9. The fourth-order valence-electron chi connectivity index (χ4n) is 5.49. The molecule has 0 saturated carbocycles. The summed E-state index contributed by atoms with van der Waals surface area (Å²) >= 11 is 12.5.